The molecule has 0 spiro atoms. The number of hydrogen-bond acceptors (Lipinski definition) is 5. The van der Waals surface area contributed by atoms with Crippen molar-refractivity contribution in [3.05, 3.63) is 78.0 Å². The molecular formula is C19H18N4O2. The maximum absolute atomic E-state index is 11.6. The second-order valence-electron chi connectivity index (χ2n) is 5.49. The van der Waals surface area contributed by atoms with Gasteiger partial charge in [-0.3, -0.25) is 4.79 Å². The molecule has 0 unspecified atom stereocenters. The minimum atomic E-state index is -0.542. The van der Waals surface area contributed by atoms with Crippen LogP contribution in [0, 0.1) is 0 Å². The highest BCUT2D eigenvalue weighted by Crippen LogP contribution is 2.23. The summed E-state index contributed by atoms with van der Waals surface area (Å²) >= 11 is 0. The van der Waals surface area contributed by atoms with Crippen molar-refractivity contribution in [1.29, 1.82) is 0 Å². The van der Waals surface area contributed by atoms with Gasteiger partial charge in [0.25, 0.3) is 5.91 Å². The molecule has 0 radical (unpaired) electrons. The van der Waals surface area contributed by atoms with E-state index in [0.717, 1.165) is 11.3 Å². The third kappa shape index (κ3) is 4.26. The molecule has 3 rings (SSSR count). The van der Waals surface area contributed by atoms with Gasteiger partial charge in [0, 0.05) is 24.5 Å². The summed E-state index contributed by atoms with van der Waals surface area (Å²) in [6.45, 7) is 0.559. The Hall–Kier alpha value is -3.54. The average Bonchev–Trinajstić information content (AvgIpc) is 2.63. The zero-order valence-corrected chi connectivity index (χ0v) is 13.4. The lowest BCUT2D eigenvalue weighted by molar-refractivity contribution is 0.100. The second kappa shape index (κ2) is 7.35. The predicted octanol–water partition coefficient (Wildman–Crippen LogP) is 3.24. The number of benzene rings is 2. The molecule has 0 aliphatic heterocycles. The van der Waals surface area contributed by atoms with Crippen molar-refractivity contribution in [3.8, 4) is 5.75 Å². The number of carbonyl (C=O) groups is 1. The molecule has 0 atom stereocenters. The lowest BCUT2D eigenvalue weighted by Gasteiger charge is -2.13. The number of nitrogens with one attached hydrogen (secondary N) is 2. The Morgan fingerprint density at radius 2 is 1.80 bits per heavy atom. The lowest BCUT2D eigenvalue weighted by atomic mass is 10.2. The van der Waals surface area contributed by atoms with E-state index in [4.69, 9.17) is 5.73 Å². The van der Waals surface area contributed by atoms with Crippen molar-refractivity contribution in [2.45, 2.75) is 6.54 Å². The highest BCUT2D eigenvalue weighted by molar-refractivity contribution is 5.98. The molecule has 3 aromatic rings. The molecule has 1 aromatic heterocycles. The Kier molecular flexibility index (Phi) is 4.80. The molecule has 6 nitrogen and oxygen atoms in total. The fraction of sp³-hybridized carbons (Fsp3) is 0.0526. The number of hydrogen-bond donors (Lipinski definition) is 4. The van der Waals surface area contributed by atoms with Crippen molar-refractivity contribution < 1.29 is 9.90 Å². The molecule has 0 aliphatic carbocycles. The van der Waals surface area contributed by atoms with E-state index in [-0.39, 0.29) is 5.75 Å². The molecule has 126 valence electrons. The Bertz CT molecular complexity index is 864. The first-order chi connectivity index (χ1) is 12.1. The molecule has 0 fully saturated rings. The number of phenols is 1. The standard InChI is InChI=1S/C19H18N4O2/c20-19(25)16-12-22-18(23-14-6-8-15(24)9-7-14)10-17(16)21-11-13-4-2-1-3-5-13/h1-10,12,24H,11H2,(H2,20,25)(H2,21,22,23). The summed E-state index contributed by atoms with van der Waals surface area (Å²) in [6, 6.07) is 18.2. The molecule has 6 heteroatoms. The number of pyridine rings is 1. The van der Waals surface area contributed by atoms with Crippen LogP contribution in [0.25, 0.3) is 0 Å². The van der Waals surface area contributed by atoms with Crippen molar-refractivity contribution >= 4 is 23.1 Å². The summed E-state index contributed by atoms with van der Waals surface area (Å²) in [6.07, 6.45) is 1.44. The first kappa shape index (κ1) is 16.3. The summed E-state index contributed by atoms with van der Waals surface area (Å²) in [5.41, 5.74) is 8.22. The molecule has 2 aromatic carbocycles. The number of phenolic OH excluding ortho intramolecular Hbond substituents is 1. The predicted molar refractivity (Wildman–Crippen MR) is 97.9 cm³/mol. The number of rotatable bonds is 6. The van der Waals surface area contributed by atoms with Crippen LogP contribution in [0.4, 0.5) is 17.2 Å². The normalized spacial score (nSPS) is 10.2. The summed E-state index contributed by atoms with van der Waals surface area (Å²) < 4.78 is 0. The number of aromatic hydroxyl groups is 1. The number of nitrogens with two attached hydrogens (primary N) is 1. The molecule has 0 saturated heterocycles. The van der Waals surface area contributed by atoms with E-state index in [0.29, 0.717) is 23.6 Å². The Balaban J connectivity index is 1.81. The third-order valence-corrected chi connectivity index (χ3v) is 3.63. The van der Waals surface area contributed by atoms with E-state index in [1.54, 1.807) is 30.3 Å². The smallest absolute Gasteiger partial charge is 0.252 e. The van der Waals surface area contributed by atoms with Crippen molar-refractivity contribution in [2.24, 2.45) is 5.73 Å². The maximum Gasteiger partial charge on any atom is 0.252 e. The fourth-order valence-electron chi connectivity index (χ4n) is 2.35. The first-order valence-electron chi connectivity index (χ1n) is 7.75. The van der Waals surface area contributed by atoms with Crippen LogP contribution in [0.5, 0.6) is 5.75 Å². The van der Waals surface area contributed by atoms with Gasteiger partial charge in [0.15, 0.2) is 0 Å². The van der Waals surface area contributed by atoms with Gasteiger partial charge in [-0.25, -0.2) is 4.98 Å². The highest BCUT2D eigenvalue weighted by atomic mass is 16.3. The van der Waals surface area contributed by atoms with Crippen LogP contribution in [0.1, 0.15) is 15.9 Å². The van der Waals surface area contributed by atoms with Crippen LogP contribution in [0.15, 0.2) is 66.9 Å². The minimum absolute atomic E-state index is 0.188. The second-order valence-corrected chi connectivity index (χ2v) is 5.49. The van der Waals surface area contributed by atoms with Gasteiger partial charge < -0.3 is 21.5 Å². The van der Waals surface area contributed by atoms with Crippen LogP contribution in [-0.4, -0.2) is 16.0 Å². The van der Waals surface area contributed by atoms with Gasteiger partial charge in [-0.1, -0.05) is 30.3 Å². The van der Waals surface area contributed by atoms with Crippen LogP contribution < -0.4 is 16.4 Å². The van der Waals surface area contributed by atoms with Gasteiger partial charge in [-0.05, 0) is 29.8 Å². The highest BCUT2D eigenvalue weighted by Gasteiger charge is 2.10. The van der Waals surface area contributed by atoms with E-state index < -0.39 is 5.91 Å². The molecule has 0 saturated carbocycles. The van der Waals surface area contributed by atoms with E-state index >= 15 is 0 Å². The van der Waals surface area contributed by atoms with Gasteiger partial charge in [0.2, 0.25) is 0 Å². The van der Waals surface area contributed by atoms with E-state index in [1.165, 1.54) is 6.20 Å². The molecule has 5 N–H and O–H groups in total. The quantitative estimate of drug-likeness (QED) is 0.519. The molecular weight excluding hydrogens is 316 g/mol. The van der Waals surface area contributed by atoms with Crippen LogP contribution >= 0.6 is 0 Å². The van der Waals surface area contributed by atoms with Crippen LogP contribution in [0.2, 0.25) is 0 Å². The molecule has 1 amide bonds. The fourth-order valence-corrected chi connectivity index (χ4v) is 2.35. The van der Waals surface area contributed by atoms with Crippen LogP contribution in [0.3, 0.4) is 0 Å². The Morgan fingerprint density at radius 1 is 1.08 bits per heavy atom. The SMILES string of the molecule is NC(=O)c1cnc(Nc2ccc(O)cc2)cc1NCc1ccccc1. The van der Waals surface area contributed by atoms with Gasteiger partial charge in [-0.15, -0.1) is 0 Å². The third-order valence-electron chi connectivity index (χ3n) is 3.63. The molecule has 1 heterocycles. The summed E-state index contributed by atoms with van der Waals surface area (Å²) in [4.78, 5) is 15.9. The van der Waals surface area contributed by atoms with Crippen molar-refractivity contribution in [2.75, 3.05) is 10.6 Å². The first-order valence-corrected chi connectivity index (χ1v) is 7.75. The van der Waals surface area contributed by atoms with Crippen molar-refractivity contribution in [1.82, 2.24) is 4.98 Å². The van der Waals surface area contributed by atoms with Crippen molar-refractivity contribution in [3.63, 3.8) is 0 Å². The average molecular weight is 334 g/mol. The van der Waals surface area contributed by atoms with Crippen LogP contribution in [-0.2, 0) is 6.54 Å². The van der Waals surface area contributed by atoms with E-state index in [2.05, 4.69) is 15.6 Å². The number of primary amides is 1. The number of anilines is 3. The largest absolute Gasteiger partial charge is 0.508 e. The van der Waals surface area contributed by atoms with Gasteiger partial charge in [0.1, 0.15) is 11.6 Å². The zero-order valence-electron chi connectivity index (χ0n) is 13.4. The van der Waals surface area contributed by atoms with E-state index in [1.807, 2.05) is 30.3 Å². The maximum atomic E-state index is 11.6. The molecule has 25 heavy (non-hydrogen) atoms. The minimum Gasteiger partial charge on any atom is -0.508 e. The van der Waals surface area contributed by atoms with Gasteiger partial charge in [-0.2, -0.15) is 0 Å². The van der Waals surface area contributed by atoms with Gasteiger partial charge >= 0.3 is 0 Å². The number of carbonyl (C=O) groups excluding carboxylic acids is 1. The molecule has 0 bridgehead atoms. The topological polar surface area (TPSA) is 100 Å². The number of nitrogens with zero attached hydrogens (tertiary/aromatic N) is 1. The lowest BCUT2D eigenvalue weighted by Crippen LogP contribution is -2.15. The zero-order chi connectivity index (χ0) is 17.6. The summed E-state index contributed by atoms with van der Waals surface area (Å²) in [5.74, 6) is 0.207. The van der Waals surface area contributed by atoms with Gasteiger partial charge in [0.05, 0.1) is 11.3 Å². The monoisotopic (exact) mass is 334 g/mol. The van der Waals surface area contributed by atoms with E-state index in [9.17, 15) is 9.90 Å². The summed E-state index contributed by atoms with van der Waals surface area (Å²) in [7, 11) is 0. The summed E-state index contributed by atoms with van der Waals surface area (Å²) in [5, 5.41) is 15.7. The Morgan fingerprint density at radius 3 is 2.48 bits per heavy atom. The molecule has 0 aliphatic rings. The number of aromatic nitrogens is 1. The number of amides is 1. The Labute approximate surface area is 145 Å².